The molecule has 7 heteroatoms. The average Bonchev–Trinajstić information content (AvgIpc) is 2.64. The number of nitrogens with zero attached hydrogens (tertiary/aromatic N) is 1. The predicted octanol–water partition coefficient (Wildman–Crippen LogP) is 5.79. The number of nitro benzene ring substituents is 1. The van der Waals surface area contributed by atoms with Crippen LogP contribution in [0.2, 0.25) is 0 Å². The van der Waals surface area contributed by atoms with Crippen molar-refractivity contribution in [3.05, 3.63) is 86.9 Å². The molecule has 1 N–H and O–H groups in total. The number of halogens is 1. The Morgan fingerprint density at radius 3 is 2.38 bits per heavy atom. The van der Waals surface area contributed by atoms with Gasteiger partial charge in [-0.25, -0.2) is 0 Å². The third-order valence-corrected chi connectivity index (χ3v) is 5.11. The SMILES string of the molecule is O=[N+]([O-])c1cc(COc2ccc(Br)cc2)ccc1Sc1ccc(O)cc1. The van der Waals surface area contributed by atoms with Gasteiger partial charge in [-0.2, -0.15) is 0 Å². The van der Waals surface area contributed by atoms with Crippen molar-refractivity contribution in [2.75, 3.05) is 0 Å². The van der Waals surface area contributed by atoms with E-state index < -0.39 is 4.92 Å². The minimum absolute atomic E-state index is 0.0278. The average molecular weight is 432 g/mol. The highest BCUT2D eigenvalue weighted by Crippen LogP contribution is 2.36. The molecule has 0 atom stereocenters. The molecule has 3 rings (SSSR count). The first-order valence-electron chi connectivity index (χ1n) is 7.64. The summed E-state index contributed by atoms with van der Waals surface area (Å²) in [6.45, 7) is 0.243. The fourth-order valence-electron chi connectivity index (χ4n) is 2.22. The molecular weight excluding hydrogens is 418 g/mol. The number of benzene rings is 3. The lowest BCUT2D eigenvalue weighted by molar-refractivity contribution is -0.387. The lowest BCUT2D eigenvalue weighted by Gasteiger charge is -2.08. The van der Waals surface area contributed by atoms with Crippen molar-refractivity contribution in [1.82, 2.24) is 0 Å². The quantitative estimate of drug-likeness (QED) is 0.394. The second kappa shape index (κ2) is 8.25. The van der Waals surface area contributed by atoms with Crippen LogP contribution in [0.15, 0.2) is 81.0 Å². The van der Waals surface area contributed by atoms with Crippen molar-refractivity contribution < 1.29 is 14.8 Å². The van der Waals surface area contributed by atoms with E-state index in [0.29, 0.717) is 10.6 Å². The van der Waals surface area contributed by atoms with Crippen molar-refractivity contribution in [3.63, 3.8) is 0 Å². The summed E-state index contributed by atoms with van der Waals surface area (Å²) in [7, 11) is 0. The number of hydrogen-bond acceptors (Lipinski definition) is 5. The number of aromatic hydroxyl groups is 1. The van der Waals surface area contributed by atoms with Crippen molar-refractivity contribution in [3.8, 4) is 11.5 Å². The van der Waals surface area contributed by atoms with Gasteiger partial charge in [-0.1, -0.05) is 33.8 Å². The van der Waals surface area contributed by atoms with E-state index in [2.05, 4.69) is 15.9 Å². The van der Waals surface area contributed by atoms with Gasteiger partial charge in [0.05, 0.1) is 9.82 Å². The zero-order valence-electron chi connectivity index (χ0n) is 13.5. The maximum Gasteiger partial charge on any atom is 0.283 e. The van der Waals surface area contributed by atoms with Gasteiger partial charge < -0.3 is 9.84 Å². The fourth-order valence-corrected chi connectivity index (χ4v) is 3.38. The van der Waals surface area contributed by atoms with E-state index in [4.69, 9.17) is 4.74 Å². The van der Waals surface area contributed by atoms with Crippen LogP contribution in [0.1, 0.15) is 5.56 Å². The Balaban J connectivity index is 1.76. The summed E-state index contributed by atoms with van der Waals surface area (Å²) < 4.78 is 6.63. The molecule has 0 fully saturated rings. The second-order valence-corrected chi connectivity index (χ2v) is 7.43. The van der Waals surface area contributed by atoms with Gasteiger partial charge in [0.15, 0.2) is 0 Å². The molecule has 0 aliphatic carbocycles. The molecule has 0 amide bonds. The molecule has 0 bridgehead atoms. The normalized spacial score (nSPS) is 10.5. The van der Waals surface area contributed by atoms with Crippen LogP contribution in [-0.2, 0) is 6.61 Å². The first-order valence-corrected chi connectivity index (χ1v) is 9.25. The highest BCUT2D eigenvalue weighted by molar-refractivity contribution is 9.10. The molecule has 3 aromatic rings. The number of nitro groups is 1. The van der Waals surface area contributed by atoms with Crippen LogP contribution in [0.3, 0.4) is 0 Å². The van der Waals surface area contributed by atoms with Crippen LogP contribution >= 0.6 is 27.7 Å². The number of phenols is 1. The zero-order chi connectivity index (χ0) is 18.5. The maximum atomic E-state index is 11.4. The third-order valence-electron chi connectivity index (χ3n) is 3.50. The molecule has 3 aromatic carbocycles. The zero-order valence-corrected chi connectivity index (χ0v) is 15.9. The first-order chi connectivity index (χ1) is 12.5. The Hall–Kier alpha value is -2.51. The Morgan fingerprint density at radius 2 is 1.73 bits per heavy atom. The molecule has 0 saturated heterocycles. The molecule has 0 aliphatic heterocycles. The highest BCUT2D eigenvalue weighted by Gasteiger charge is 2.16. The summed E-state index contributed by atoms with van der Waals surface area (Å²) in [4.78, 5) is 12.4. The summed E-state index contributed by atoms with van der Waals surface area (Å²) in [5.74, 6) is 0.850. The number of rotatable bonds is 6. The van der Waals surface area contributed by atoms with Gasteiger partial charge in [0, 0.05) is 15.4 Å². The largest absolute Gasteiger partial charge is 0.508 e. The molecule has 0 saturated carbocycles. The van der Waals surface area contributed by atoms with Gasteiger partial charge in [-0.3, -0.25) is 10.1 Å². The van der Waals surface area contributed by atoms with Gasteiger partial charge in [0.25, 0.3) is 5.69 Å². The molecule has 0 aromatic heterocycles. The van der Waals surface area contributed by atoms with Gasteiger partial charge in [0.2, 0.25) is 0 Å². The molecule has 132 valence electrons. The highest BCUT2D eigenvalue weighted by atomic mass is 79.9. The molecule has 0 heterocycles. The van der Waals surface area contributed by atoms with Crippen molar-refractivity contribution in [2.45, 2.75) is 16.4 Å². The molecule has 0 unspecified atom stereocenters. The third kappa shape index (κ3) is 4.77. The monoisotopic (exact) mass is 431 g/mol. The van der Waals surface area contributed by atoms with Gasteiger partial charge >= 0.3 is 0 Å². The summed E-state index contributed by atoms with van der Waals surface area (Å²) in [6.07, 6.45) is 0. The van der Waals surface area contributed by atoms with E-state index in [1.54, 1.807) is 30.3 Å². The van der Waals surface area contributed by atoms with Crippen molar-refractivity contribution in [1.29, 1.82) is 0 Å². The molecule has 0 spiro atoms. The number of phenolic OH excluding ortho intramolecular Hbond substituents is 1. The molecule has 5 nitrogen and oxygen atoms in total. The van der Waals surface area contributed by atoms with E-state index in [1.165, 1.54) is 17.8 Å². The Kier molecular flexibility index (Phi) is 5.80. The summed E-state index contributed by atoms with van der Waals surface area (Å²) in [6, 6.07) is 19.0. The Bertz CT molecular complexity index is 914. The van der Waals surface area contributed by atoms with E-state index in [-0.39, 0.29) is 18.0 Å². The first kappa shape index (κ1) is 18.3. The minimum Gasteiger partial charge on any atom is -0.508 e. The van der Waals surface area contributed by atoms with E-state index >= 15 is 0 Å². The van der Waals surface area contributed by atoms with Crippen LogP contribution in [0.25, 0.3) is 0 Å². The minimum atomic E-state index is -0.397. The van der Waals surface area contributed by atoms with Crippen LogP contribution in [-0.4, -0.2) is 10.0 Å². The van der Waals surface area contributed by atoms with E-state index in [9.17, 15) is 15.2 Å². The van der Waals surface area contributed by atoms with E-state index in [0.717, 1.165) is 14.9 Å². The predicted molar refractivity (Wildman–Crippen MR) is 104 cm³/mol. The second-order valence-electron chi connectivity index (χ2n) is 5.40. The summed E-state index contributed by atoms with van der Waals surface area (Å²) >= 11 is 4.64. The smallest absolute Gasteiger partial charge is 0.283 e. The summed E-state index contributed by atoms with van der Waals surface area (Å²) in [5.41, 5.74) is 0.745. The van der Waals surface area contributed by atoms with Crippen LogP contribution in [0.5, 0.6) is 11.5 Å². The van der Waals surface area contributed by atoms with Crippen molar-refractivity contribution in [2.24, 2.45) is 0 Å². The topological polar surface area (TPSA) is 72.6 Å². The van der Waals surface area contributed by atoms with Crippen LogP contribution in [0, 0.1) is 10.1 Å². The van der Waals surface area contributed by atoms with Crippen molar-refractivity contribution >= 4 is 33.4 Å². The lowest BCUT2D eigenvalue weighted by Crippen LogP contribution is -1.98. The van der Waals surface area contributed by atoms with Gasteiger partial charge in [0.1, 0.15) is 18.1 Å². The molecule has 0 radical (unpaired) electrons. The van der Waals surface area contributed by atoms with E-state index in [1.807, 2.05) is 30.3 Å². The lowest BCUT2D eigenvalue weighted by atomic mass is 10.2. The number of ether oxygens (including phenoxy) is 1. The van der Waals surface area contributed by atoms with Gasteiger partial charge in [-0.15, -0.1) is 0 Å². The fraction of sp³-hybridized carbons (Fsp3) is 0.0526. The van der Waals surface area contributed by atoms with Crippen LogP contribution in [0.4, 0.5) is 5.69 Å². The van der Waals surface area contributed by atoms with Gasteiger partial charge in [-0.05, 0) is 60.2 Å². The molecule has 26 heavy (non-hydrogen) atoms. The van der Waals surface area contributed by atoms with Crippen LogP contribution < -0.4 is 4.74 Å². The summed E-state index contributed by atoms with van der Waals surface area (Å²) in [5, 5.41) is 20.8. The Labute approximate surface area is 162 Å². The molecule has 0 aliphatic rings. The molecular formula is C19H14BrNO4S. The maximum absolute atomic E-state index is 11.4. The number of hydrogen-bond donors (Lipinski definition) is 1. The Morgan fingerprint density at radius 1 is 1.04 bits per heavy atom. The standard InChI is InChI=1S/C19H14BrNO4S/c20-14-2-6-16(7-3-14)25-12-13-1-10-19(18(11-13)21(23)24)26-17-8-4-15(22)5-9-17/h1-11,22H,12H2.